The van der Waals surface area contributed by atoms with Crippen LogP contribution in [0.3, 0.4) is 0 Å². The van der Waals surface area contributed by atoms with Gasteiger partial charge in [-0.15, -0.1) is 0 Å². The van der Waals surface area contributed by atoms with Crippen LogP contribution in [0.25, 0.3) is 10.9 Å². The lowest BCUT2D eigenvalue weighted by Gasteiger charge is -2.15. The van der Waals surface area contributed by atoms with Gasteiger partial charge in [0.05, 0.1) is 11.2 Å². The molecule has 0 saturated heterocycles. The highest BCUT2D eigenvalue weighted by molar-refractivity contribution is 6.30. The van der Waals surface area contributed by atoms with Crippen molar-refractivity contribution in [1.29, 1.82) is 0 Å². The van der Waals surface area contributed by atoms with Crippen LogP contribution in [0.5, 0.6) is 5.75 Å². The summed E-state index contributed by atoms with van der Waals surface area (Å²) in [4.78, 5) is 0. The molecule has 22 heavy (non-hydrogen) atoms. The maximum Gasteiger partial charge on any atom is 0.128 e. The van der Waals surface area contributed by atoms with Gasteiger partial charge in [-0.3, -0.25) is 0 Å². The molecule has 2 aromatic carbocycles. The lowest BCUT2D eigenvalue weighted by atomic mass is 10.2. The first-order valence-corrected chi connectivity index (χ1v) is 7.70. The largest absolute Gasteiger partial charge is 0.487 e. The Morgan fingerprint density at radius 3 is 2.50 bits per heavy atom. The predicted octanol–water partition coefficient (Wildman–Crippen LogP) is 5.04. The van der Waals surface area contributed by atoms with Gasteiger partial charge in [-0.2, -0.15) is 0 Å². The molecule has 0 unspecified atom stereocenters. The molecule has 0 radical (unpaired) electrons. The van der Waals surface area contributed by atoms with Gasteiger partial charge in [-0.05, 0) is 56.3 Å². The maximum absolute atomic E-state index is 5.92. The highest BCUT2D eigenvalue weighted by Gasteiger charge is 2.12. The fourth-order valence-electron chi connectivity index (χ4n) is 2.70. The van der Waals surface area contributed by atoms with Crippen molar-refractivity contribution in [3.05, 3.63) is 59.2 Å². The Morgan fingerprint density at radius 2 is 1.82 bits per heavy atom. The molecule has 0 aliphatic carbocycles. The summed E-state index contributed by atoms with van der Waals surface area (Å²) in [5.41, 5.74) is 8.97. The molecular formula is C18H19ClN2O. The summed E-state index contributed by atoms with van der Waals surface area (Å²) in [6.07, 6.45) is 0. The second-order valence-corrected chi connectivity index (χ2v) is 6.10. The minimum Gasteiger partial charge on any atom is -0.487 e. The molecular weight excluding hydrogens is 296 g/mol. The average Bonchev–Trinajstić information content (AvgIpc) is 2.84. The van der Waals surface area contributed by atoms with E-state index in [4.69, 9.17) is 22.1 Å². The smallest absolute Gasteiger partial charge is 0.128 e. The summed E-state index contributed by atoms with van der Waals surface area (Å²) < 4.78 is 8.15. The van der Waals surface area contributed by atoms with Crippen LogP contribution in [-0.2, 0) is 6.61 Å². The highest BCUT2D eigenvalue weighted by atomic mass is 35.5. The average molecular weight is 315 g/mol. The van der Waals surface area contributed by atoms with Gasteiger partial charge in [0.2, 0.25) is 0 Å². The lowest BCUT2D eigenvalue weighted by molar-refractivity contribution is 0.293. The first kappa shape index (κ1) is 14.8. The number of nitrogen functional groups attached to an aromatic ring is 1. The number of halogens is 1. The number of hydrogen-bond acceptors (Lipinski definition) is 2. The number of hydrogen-bond donors (Lipinski definition) is 1. The monoisotopic (exact) mass is 314 g/mol. The zero-order valence-electron chi connectivity index (χ0n) is 12.7. The summed E-state index contributed by atoms with van der Waals surface area (Å²) in [6, 6.07) is 15.9. The van der Waals surface area contributed by atoms with Crippen molar-refractivity contribution in [2.75, 3.05) is 5.73 Å². The topological polar surface area (TPSA) is 40.2 Å². The molecule has 1 aromatic heterocycles. The van der Waals surface area contributed by atoms with E-state index in [1.807, 2.05) is 36.4 Å². The third-order valence-corrected chi connectivity index (χ3v) is 3.91. The van der Waals surface area contributed by atoms with E-state index in [0.717, 1.165) is 22.6 Å². The van der Waals surface area contributed by atoms with E-state index in [-0.39, 0.29) is 0 Å². The van der Waals surface area contributed by atoms with Crippen molar-refractivity contribution < 1.29 is 4.74 Å². The van der Waals surface area contributed by atoms with Crippen LogP contribution in [0.15, 0.2) is 48.5 Å². The van der Waals surface area contributed by atoms with Crippen molar-refractivity contribution in [2.45, 2.75) is 26.5 Å². The SMILES string of the molecule is CC(C)n1c(COc2ccc(Cl)cc2)cc2ccc(N)cc21. The second-order valence-electron chi connectivity index (χ2n) is 5.66. The van der Waals surface area contributed by atoms with Crippen molar-refractivity contribution >= 4 is 28.2 Å². The van der Waals surface area contributed by atoms with Gasteiger partial charge in [0.1, 0.15) is 12.4 Å². The second kappa shape index (κ2) is 5.93. The molecule has 3 nitrogen and oxygen atoms in total. The summed E-state index contributed by atoms with van der Waals surface area (Å²) >= 11 is 5.89. The first-order valence-electron chi connectivity index (χ1n) is 7.32. The van der Waals surface area contributed by atoms with Gasteiger partial charge in [-0.1, -0.05) is 17.7 Å². The number of ether oxygens (including phenoxy) is 1. The number of nitrogens with two attached hydrogens (primary N) is 1. The fourth-order valence-corrected chi connectivity index (χ4v) is 2.83. The summed E-state index contributed by atoms with van der Waals surface area (Å²) in [6.45, 7) is 4.83. The van der Waals surface area contributed by atoms with E-state index in [0.29, 0.717) is 17.7 Å². The van der Waals surface area contributed by atoms with Crippen LogP contribution in [0, 0.1) is 0 Å². The van der Waals surface area contributed by atoms with E-state index in [1.165, 1.54) is 5.39 Å². The molecule has 0 aliphatic rings. The molecule has 0 aliphatic heterocycles. The van der Waals surface area contributed by atoms with Gasteiger partial charge < -0.3 is 15.0 Å². The first-order chi connectivity index (χ1) is 10.5. The van der Waals surface area contributed by atoms with E-state index >= 15 is 0 Å². The fraction of sp³-hybridized carbons (Fsp3) is 0.222. The molecule has 1 heterocycles. The van der Waals surface area contributed by atoms with Crippen LogP contribution in [0.2, 0.25) is 5.02 Å². The van der Waals surface area contributed by atoms with E-state index in [9.17, 15) is 0 Å². The Hall–Kier alpha value is -2.13. The quantitative estimate of drug-likeness (QED) is 0.685. The number of fused-ring (bicyclic) bond motifs is 1. The molecule has 0 bridgehead atoms. The molecule has 0 spiro atoms. The highest BCUT2D eigenvalue weighted by Crippen LogP contribution is 2.27. The van der Waals surface area contributed by atoms with Crippen LogP contribution in [-0.4, -0.2) is 4.57 Å². The standard InChI is InChI=1S/C18H19ClN2O/c1-12(2)21-16(9-13-3-6-15(20)10-18(13)21)11-22-17-7-4-14(19)5-8-17/h3-10,12H,11,20H2,1-2H3. The summed E-state index contributed by atoms with van der Waals surface area (Å²) in [5, 5.41) is 1.89. The van der Waals surface area contributed by atoms with Crippen molar-refractivity contribution in [3.63, 3.8) is 0 Å². The Kier molecular flexibility index (Phi) is 3.99. The molecule has 0 atom stereocenters. The van der Waals surface area contributed by atoms with Crippen molar-refractivity contribution in [3.8, 4) is 5.75 Å². The maximum atomic E-state index is 5.92. The van der Waals surface area contributed by atoms with E-state index in [2.05, 4.69) is 30.5 Å². The zero-order chi connectivity index (χ0) is 15.7. The molecule has 2 N–H and O–H groups in total. The van der Waals surface area contributed by atoms with Gasteiger partial charge in [0.25, 0.3) is 0 Å². The van der Waals surface area contributed by atoms with Crippen molar-refractivity contribution in [2.24, 2.45) is 0 Å². The third kappa shape index (κ3) is 2.90. The molecule has 114 valence electrons. The molecule has 0 fully saturated rings. The molecule has 4 heteroatoms. The summed E-state index contributed by atoms with van der Waals surface area (Å²) in [7, 11) is 0. The minimum absolute atomic E-state index is 0.336. The van der Waals surface area contributed by atoms with Crippen LogP contribution in [0.4, 0.5) is 5.69 Å². The van der Waals surface area contributed by atoms with E-state index in [1.54, 1.807) is 0 Å². The Bertz CT molecular complexity index is 791. The molecule has 0 amide bonds. The Morgan fingerprint density at radius 1 is 1.09 bits per heavy atom. The minimum atomic E-state index is 0.336. The molecule has 3 aromatic rings. The Labute approximate surface area is 135 Å². The molecule has 0 saturated carbocycles. The molecule has 3 rings (SSSR count). The predicted molar refractivity (Wildman–Crippen MR) is 92.5 cm³/mol. The van der Waals surface area contributed by atoms with Gasteiger partial charge in [0.15, 0.2) is 0 Å². The van der Waals surface area contributed by atoms with Crippen molar-refractivity contribution in [1.82, 2.24) is 4.57 Å². The lowest BCUT2D eigenvalue weighted by Crippen LogP contribution is -2.08. The Balaban J connectivity index is 1.92. The van der Waals surface area contributed by atoms with Gasteiger partial charge in [-0.25, -0.2) is 0 Å². The zero-order valence-corrected chi connectivity index (χ0v) is 13.5. The van der Waals surface area contributed by atoms with E-state index < -0.39 is 0 Å². The number of nitrogens with zero attached hydrogens (tertiary/aromatic N) is 1. The third-order valence-electron chi connectivity index (χ3n) is 3.66. The summed E-state index contributed by atoms with van der Waals surface area (Å²) in [5.74, 6) is 0.810. The number of benzene rings is 2. The van der Waals surface area contributed by atoms with Gasteiger partial charge in [0, 0.05) is 22.1 Å². The van der Waals surface area contributed by atoms with Crippen LogP contribution >= 0.6 is 11.6 Å². The number of rotatable bonds is 4. The normalized spacial score (nSPS) is 11.3. The number of anilines is 1. The number of aromatic nitrogens is 1. The van der Waals surface area contributed by atoms with Crippen LogP contribution < -0.4 is 10.5 Å². The van der Waals surface area contributed by atoms with Crippen LogP contribution in [0.1, 0.15) is 25.6 Å². The van der Waals surface area contributed by atoms with Gasteiger partial charge >= 0.3 is 0 Å².